The van der Waals surface area contributed by atoms with Gasteiger partial charge in [-0.2, -0.15) is 0 Å². The maximum atomic E-state index is 5.91. The Morgan fingerprint density at radius 3 is 2.00 bits per heavy atom. The molecule has 0 bridgehead atoms. The maximum absolute atomic E-state index is 5.91. The third-order valence-corrected chi connectivity index (χ3v) is 5.87. The lowest BCUT2D eigenvalue weighted by atomic mass is 10.2. The van der Waals surface area contributed by atoms with Crippen molar-refractivity contribution in [1.29, 1.82) is 0 Å². The molecule has 0 aliphatic carbocycles. The van der Waals surface area contributed by atoms with Crippen LogP contribution in [0.5, 0.6) is 0 Å². The Morgan fingerprint density at radius 2 is 1.58 bits per heavy atom. The van der Waals surface area contributed by atoms with Crippen molar-refractivity contribution in [2.75, 3.05) is 0 Å². The Morgan fingerprint density at radius 1 is 1.11 bits per heavy atom. The van der Waals surface area contributed by atoms with Crippen LogP contribution in [0.2, 0.25) is 0 Å². The second kappa shape index (κ2) is 6.91. The molecule has 0 saturated carbocycles. The van der Waals surface area contributed by atoms with Gasteiger partial charge in [0.05, 0.1) is 12.2 Å². The van der Waals surface area contributed by atoms with Crippen LogP contribution in [-0.2, 0) is 20.9 Å². The molecular weight excluding hydrogens is 297 g/mol. The monoisotopic (exact) mass is 317 g/mol. The SMILES string of the molecule is CC(C)OP(=S)(OC(C)C)c1ccccc1C(N)=S. The van der Waals surface area contributed by atoms with Gasteiger partial charge in [-0.05, 0) is 45.6 Å². The molecule has 2 N–H and O–H groups in total. The van der Waals surface area contributed by atoms with Crippen LogP contribution in [0.1, 0.15) is 33.3 Å². The van der Waals surface area contributed by atoms with Crippen molar-refractivity contribution >= 4 is 40.8 Å². The van der Waals surface area contributed by atoms with E-state index < -0.39 is 6.49 Å². The van der Waals surface area contributed by atoms with Gasteiger partial charge in [-0.15, -0.1) is 0 Å². The normalized spacial score (nSPS) is 12.1. The minimum Gasteiger partial charge on any atom is -0.389 e. The molecule has 1 rings (SSSR count). The number of rotatable bonds is 6. The summed E-state index contributed by atoms with van der Waals surface area (Å²) in [7, 11) is 0. The molecule has 0 unspecified atom stereocenters. The van der Waals surface area contributed by atoms with E-state index in [1.807, 2.05) is 52.0 Å². The highest BCUT2D eigenvalue weighted by Gasteiger charge is 2.28. The van der Waals surface area contributed by atoms with Crippen molar-refractivity contribution in [3.63, 3.8) is 0 Å². The summed E-state index contributed by atoms with van der Waals surface area (Å²) in [6, 6.07) is 7.51. The standard InChI is InChI=1S/C13H20NO2PS2/c1-9(2)15-17(19,16-10(3)4)12-8-6-5-7-11(12)13(14)18/h5-10H,1-4H3,(H2,14,18). The summed E-state index contributed by atoms with van der Waals surface area (Å²) >= 11 is 10.8. The van der Waals surface area contributed by atoms with Gasteiger partial charge in [0.2, 0.25) is 6.49 Å². The Balaban J connectivity index is 3.33. The molecule has 0 spiro atoms. The van der Waals surface area contributed by atoms with Crippen LogP contribution in [0.15, 0.2) is 24.3 Å². The van der Waals surface area contributed by atoms with Crippen molar-refractivity contribution in [3.05, 3.63) is 29.8 Å². The molecule has 0 atom stereocenters. The van der Waals surface area contributed by atoms with Gasteiger partial charge in [0.15, 0.2) is 0 Å². The number of benzene rings is 1. The zero-order valence-electron chi connectivity index (χ0n) is 11.6. The molecule has 0 aliphatic heterocycles. The first kappa shape index (κ1) is 16.7. The smallest absolute Gasteiger partial charge is 0.220 e. The van der Waals surface area contributed by atoms with Gasteiger partial charge in [0.1, 0.15) is 4.99 Å². The average Bonchev–Trinajstić information content (AvgIpc) is 2.26. The second-order valence-electron chi connectivity index (χ2n) is 4.69. The van der Waals surface area contributed by atoms with Gasteiger partial charge in [0, 0.05) is 10.9 Å². The van der Waals surface area contributed by atoms with E-state index in [0.29, 0.717) is 4.99 Å². The van der Waals surface area contributed by atoms with Gasteiger partial charge in [-0.1, -0.05) is 30.4 Å². The molecule has 0 amide bonds. The number of hydrogen-bond donors (Lipinski definition) is 1. The molecule has 19 heavy (non-hydrogen) atoms. The van der Waals surface area contributed by atoms with Crippen LogP contribution in [0.25, 0.3) is 0 Å². The topological polar surface area (TPSA) is 44.5 Å². The molecule has 0 aliphatic rings. The zero-order chi connectivity index (χ0) is 14.6. The molecule has 0 heterocycles. The van der Waals surface area contributed by atoms with Crippen molar-refractivity contribution in [2.45, 2.75) is 39.9 Å². The lowest BCUT2D eigenvalue weighted by molar-refractivity contribution is 0.181. The lowest BCUT2D eigenvalue weighted by Crippen LogP contribution is -2.24. The highest BCUT2D eigenvalue weighted by molar-refractivity contribution is 8.13. The largest absolute Gasteiger partial charge is 0.389 e. The van der Waals surface area contributed by atoms with Crippen LogP contribution in [0, 0.1) is 0 Å². The molecule has 106 valence electrons. The van der Waals surface area contributed by atoms with Crippen LogP contribution >= 0.6 is 18.7 Å². The Kier molecular flexibility index (Phi) is 6.09. The predicted octanol–water partition coefficient (Wildman–Crippen LogP) is 3.11. The van der Waals surface area contributed by atoms with Gasteiger partial charge in [0.25, 0.3) is 0 Å². The summed E-state index contributed by atoms with van der Waals surface area (Å²) < 4.78 is 11.8. The van der Waals surface area contributed by atoms with E-state index in [1.165, 1.54) is 0 Å². The van der Waals surface area contributed by atoms with Crippen molar-refractivity contribution in [3.8, 4) is 0 Å². The van der Waals surface area contributed by atoms with E-state index in [4.69, 9.17) is 38.8 Å². The number of hydrogen-bond acceptors (Lipinski definition) is 4. The molecular formula is C13H20NO2PS2. The van der Waals surface area contributed by atoms with Crippen molar-refractivity contribution < 1.29 is 9.05 Å². The summed E-state index contributed by atoms with van der Waals surface area (Å²) in [5.74, 6) is 0. The Labute approximate surface area is 125 Å². The van der Waals surface area contributed by atoms with E-state index in [-0.39, 0.29) is 12.2 Å². The predicted molar refractivity (Wildman–Crippen MR) is 88.7 cm³/mol. The van der Waals surface area contributed by atoms with Gasteiger partial charge >= 0.3 is 0 Å². The van der Waals surface area contributed by atoms with Crippen LogP contribution in [-0.4, -0.2) is 17.2 Å². The summed E-state index contributed by atoms with van der Waals surface area (Å²) in [6.07, 6.45) is -0.0482. The number of nitrogens with two attached hydrogens (primary N) is 1. The summed E-state index contributed by atoms with van der Waals surface area (Å²) in [4.78, 5) is 0.310. The van der Waals surface area contributed by atoms with Gasteiger partial charge in [-0.3, -0.25) is 0 Å². The van der Waals surface area contributed by atoms with E-state index in [0.717, 1.165) is 10.9 Å². The molecule has 0 saturated heterocycles. The fraction of sp³-hybridized carbons (Fsp3) is 0.462. The quantitative estimate of drug-likeness (QED) is 0.645. The minimum absolute atomic E-state index is 0.0241. The Hall–Kier alpha value is -0.320. The third kappa shape index (κ3) is 4.62. The second-order valence-corrected chi connectivity index (χ2v) is 8.47. The molecule has 6 heteroatoms. The van der Waals surface area contributed by atoms with Gasteiger partial charge < -0.3 is 14.8 Å². The van der Waals surface area contributed by atoms with E-state index in [1.54, 1.807) is 0 Å². The summed E-state index contributed by atoms with van der Waals surface area (Å²) in [5.41, 5.74) is 6.50. The van der Waals surface area contributed by atoms with E-state index in [2.05, 4.69) is 0 Å². The van der Waals surface area contributed by atoms with Crippen molar-refractivity contribution in [1.82, 2.24) is 0 Å². The highest BCUT2D eigenvalue weighted by atomic mass is 32.5. The molecule has 1 aromatic rings. The fourth-order valence-corrected chi connectivity index (χ4v) is 5.52. The molecule has 0 aromatic heterocycles. The summed E-state index contributed by atoms with van der Waals surface area (Å²) in [6.45, 7) is 5.14. The summed E-state index contributed by atoms with van der Waals surface area (Å²) in [5, 5.41) is 0.792. The molecule has 0 fully saturated rings. The third-order valence-electron chi connectivity index (χ3n) is 2.16. The Bertz CT molecular complexity index is 489. The lowest BCUT2D eigenvalue weighted by Gasteiger charge is -2.28. The zero-order valence-corrected chi connectivity index (χ0v) is 14.1. The van der Waals surface area contributed by atoms with E-state index in [9.17, 15) is 0 Å². The fourth-order valence-electron chi connectivity index (χ4n) is 1.61. The maximum Gasteiger partial charge on any atom is 0.220 e. The van der Waals surface area contributed by atoms with Gasteiger partial charge in [-0.25, -0.2) is 0 Å². The number of thiocarbonyl (C=S) groups is 1. The first-order valence-corrected chi connectivity index (χ1v) is 9.17. The highest BCUT2D eigenvalue weighted by Crippen LogP contribution is 2.50. The van der Waals surface area contributed by atoms with Crippen LogP contribution < -0.4 is 11.0 Å². The van der Waals surface area contributed by atoms with Crippen LogP contribution in [0.3, 0.4) is 0 Å². The van der Waals surface area contributed by atoms with E-state index >= 15 is 0 Å². The van der Waals surface area contributed by atoms with Crippen molar-refractivity contribution in [2.24, 2.45) is 5.73 Å². The molecule has 1 aromatic carbocycles. The first-order valence-electron chi connectivity index (χ1n) is 6.12. The molecule has 3 nitrogen and oxygen atoms in total. The minimum atomic E-state index is -2.61. The van der Waals surface area contributed by atoms with Crippen LogP contribution in [0.4, 0.5) is 0 Å². The first-order chi connectivity index (χ1) is 8.76. The molecule has 0 radical (unpaired) electrons. The average molecular weight is 317 g/mol.